The van der Waals surface area contributed by atoms with Crippen molar-refractivity contribution in [2.45, 2.75) is 18.4 Å². The Morgan fingerprint density at radius 1 is 1.08 bits per heavy atom. The van der Waals surface area contributed by atoms with E-state index in [9.17, 15) is 9.59 Å². The number of benzene rings is 2. The van der Waals surface area contributed by atoms with Crippen molar-refractivity contribution in [3.8, 4) is 11.1 Å². The SMILES string of the molecule is NC(CNC(=O)OCC1c2ccccc2-c2ccccc21)CC(=O)O. The summed E-state index contributed by atoms with van der Waals surface area (Å²) >= 11 is 0. The second-order valence-electron chi connectivity index (χ2n) is 6.06. The molecule has 4 N–H and O–H groups in total. The fourth-order valence-corrected chi connectivity index (χ4v) is 3.16. The first-order chi connectivity index (χ1) is 12.1. The summed E-state index contributed by atoms with van der Waals surface area (Å²) in [6.07, 6.45) is -0.799. The molecule has 130 valence electrons. The Labute approximate surface area is 145 Å². The molecule has 6 heteroatoms. The monoisotopic (exact) mass is 340 g/mol. The lowest BCUT2D eigenvalue weighted by molar-refractivity contribution is -0.137. The van der Waals surface area contributed by atoms with E-state index in [1.807, 2.05) is 36.4 Å². The van der Waals surface area contributed by atoms with Crippen molar-refractivity contribution in [3.05, 3.63) is 59.7 Å². The van der Waals surface area contributed by atoms with Gasteiger partial charge in [0.05, 0.1) is 6.42 Å². The maximum Gasteiger partial charge on any atom is 0.407 e. The van der Waals surface area contributed by atoms with E-state index in [0.717, 1.165) is 22.3 Å². The number of ether oxygens (including phenoxy) is 1. The van der Waals surface area contributed by atoms with Crippen molar-refractivity contribution in [2.75, 3.05) is 13.2 Å². The van der Waals surface area contributed by atoms with Crippen molar-refractivity contribution in [3.63, 3.8) is 0 Å². The van der Waals surface area contributed by atoms with Gasteiger partial charge in [0.1, 0.15) is 6.61 Å². The van der Waals surface area contributed by atoms with Gasteiger partial charge in [0.15, 0.2) is 0 Å². The fraction of sp³-hybridized carbons (Fsp3) is 0.263. The lowest BCUT2D eigenvalue weighted by Crippen LogP contribution is -2.39. The molecule has 0 saturated carbocycles. The average molecular weight is 340 g/mol. The second kappa shape index (κ2) is 7.36. The quantitative estimate of drug-likeness (QED) is 0.749. The largest absolute Gasteiger partial charge is 0.481 e. The number of hydrogen-bond acceptors (Lipinski definition) is 4. The highest BCUT2D eigenvalue weighted by Gasteiger charge is 2.28. The number of carbonyl (C=O) groups excluding carboxylic acids is 1. The molecule has 3 rings (SSSR count). The topological polar surface area (TPSA) is 102 Å². The van der Waals surface area contributed by atoms with Crippen molar-refractivity contribution in [2.24, 2.45) is 5.73 Å². The van der Waals surface area contributed by atoms with Crippen molar-refractivity contribution in [1.82, 2.24) is 5.32 Å². The van der Waals surface area contributed by atoms with Gasteiger partial charge >= 0.3 is 12.1 Å². The highest BCUT2D eigenvalue weighted by Crippen LogP contribution is 2.44. The molecule has 25 heavy (non-hydrogen) atoms. The smallest absolute Gasteiger partial charge is 0.407 e. The minimum atomic E-state index is -0.998. The third-order valence-corrected chi connectivity index (χ3v) is 4.29. The Bertz CT molecular complexity index is 745. The van der Waals surface area contributed by atoms with E-state index in [0.29, 0.717) is 0 Å². The number of nitrogens with one attached hydrogen (secondary N) is 1. The van der Waals surface area contributed by atoms with Crippen LogP contribution in [-0.4, -0.2) is 36.4 Å². The van der Waals surface area contributed by atoms with Gasteiger partial charge in [-0.25, -0.2) is 4.79 Å². The highest BCUT2D eigenvalue weighted by atomic mass is 16.5. The lowest BCUT2D eigenvalue weighted by Gasteiger charge is -2.15. The summed E-state index contributed by atoms with van der Waals surface area (Å²) in [5.41, 5.74) is 10.2. The molecule has 1 aliphatic rings. The van der Waals surface area contributed by atoms with Gasteiger partial charge in [0.25, 0.3) is 0 Å². The van der Waals surface area contributed by atoms with Gasteiger partial charge in [-0.3, -0.25) is 4.79 Å². The molecule has 1 unspecified atom stereocenters. The standard InChI is InChI=1S/C19H20N2O4/c20-12(9-18(22)23)10-21-19(24)25-11-17-15-7-3-1-5-13(15)14-6-2-4-8-16(14)17/h1-8,12,17H,9-11,20H2,(H,21,24)(H,22,23). The highest BCUT2D eigenvalue weighted by molar-refractivity contribution is 5.79. The molecule has 1 aliphatic carbocycles. The van der Waals surface area contributed by atoms with Crippen LogP contribution in [0.4, 0.5) is 4.79 Å². The molecule has 0 bridgehead atoms. The molecular formula is C19H20N2O4. The van der Waals surface area contributed by atoms with Crippen LogP contribution in [-0.2, 0) is 9.53 Å². The normalized spacial score (nSPS) is 13.6. The van der Waals surface area contributed by atoms with Crippen molar-refractivity contribution >= 4 is 12.1 Å². The Balaban J connectivity index is 1.62. The molecule has 0 heterocycles. The lowest BCUT2D eigenvalue weighted by atomic mass is 9.98. The number of carboxylic acid groups (broad SMARTS) is 1. The van der Waals surface area contributed by atoms with Crippen LogP contribution in [0.15, 0.2) is 48.5 Å². The summed E-state index contributed by atoms with van der Waals surface area (Å²) in [4.78, 5) is 22.4. The molecule has 0 aromatic heterocycles. The molecule has 2 aromatic carbocycles. The van der Waals surface area contributed by atoms with Gasteiger partial charge in [0.2, 0.25) is 0 Å². The molecule has 0 aliphatic heterocycles. The number of fused-ring (bicyclic) bond motifs is 3. The molecule has 1 atom stereocenters. The first-order valence-corrected chi connectivity index (χ1v) is 8.12. The number of rotatable bonds is 6. The Morgan fingerprint density at radius 2 is 1.64 bits per heavy atom. The number of alkyl carbamates (subject to hydrolysis) is 1. The van der Waals surface area contributed by atoms with Gasteiger partial charge in [0, 0.05) is 18.5 Å². The average Bonchev–Trinajstić information content (AvgIpc) is 2.92. The van der Waals surface area contributed by atoms with Crippen LogP contribution >= 0.6 is 0 Å². The van der Waals surface area contributed by atoms with Crippen molar-refractivity contribution < 1.29 is 19.4 Å². The number of aliphatic carboxylic acids is 1. The van der Waals surface area contributed by atoms with Gasteiger partial charge in [-0.15, -0.1) is 0 Å². The van der Waals surface area contributed by atoms with E-state index in [1.54, 1.807) is 0 Å². The molecular weight excluding hydrogens is 320 g/mol. The number of nitrogens with two attached hydrogens (primary N) is 1. The van der Waals surface area contributed by atoms with E-state index in [4.69, 9.17) is 15.6 Å². The van der Waals surface area contributed by atoms with Crippen LogP contribution in [0.1, 0.15) is 23.5 Å². The molecule has 1 amide bonds. The predicted molar refractivity (Wildman–Crippen MR) is 93.3 cm³/mol. The van der Waals surface area contributed by atoms with E-state index < -0.39 is 18.1 Å². The molecule has 0 saturated heterocycles. The number of carbonyl (C=O) groups is 2. The van der Waals surface area contributed by atoms with Crippen LogP contribution in [0.25, 0.3) is 11.1 Å². The Hall–Kier alpha value is -2.86. The van der Waals surface area contributed by atoms with E-state index >= 15 is 0 Å². The fourth-order valence-electron chi connectivity index (χ4n) is 3.16. The summed E-state index contributed by atoms with van der Waals surface area (Å²) < 4.78 is 5.34. The third kappa shape index (κ3) is 3.80. The molecule has 0 fully saturated rings. The van der Waals surface area contributed by atoms with Crippen LogP contribution in [0.3, 0.4) is 0 Å². The molecule has 2 aromatic rings. The third-order valence-electron chi connectivity index (χ3n) is 4.29. The van der Waals surface area contributed by atoms with Crippen LogP contribution in [0, 0.1) is 0 Å². The number of carboxylic acids is 1. The number of amides is 1. The van der Waals surface area contributed by atoms with Gasteiger partial charge < -0.3 is 20.9 Å². The van der Waals surface area contributed by atoms with Crippen molar-refractivity contribution in [1.29, 1.82) is 0 Å². The first kappa shape index (κ1) is 17.0. The summed E-state index contributed by atoms with van der Waals surface area (Å²) in [5, 5.41) is 11.2. The second-order valence-corrected chi connectivity index (χ2v) is 6.06. The van der Waals surface area contributed by atoms with E-state index in [1.165, 1.54) is 0 Å². The minimum Gasteiger partial charge on any atom is -0.481 e. The zero-order valence-electron chi connectivity index (χ0n) is 13.6. The number of hydrogen-bond donors (Lipinski definition) is 3. The molecule has 0 spiro atoms. The van der Waals surface area contributed by atoms with E-state index in [2.05, 4.69) is 17.4 Å². The zero-order valence-corrected chi connectivity index (χ0v) is 13.6. The van der Waals surface area contributed by atoms with Crippen LogP contribution in [0.5, 0.6) is 0 Å². The maximum absolute atomic E-state index is 11.9. The first-order valence-electron chi connectivity index (χ1n) is 8.12. The summed E-state index contributed by atoms with van der Waals surface area (Å²) in [5.74, 6) is -1.01. The molecule has 0 radical (unpaired) electrons. The summed E-state index contributed by atoms with van der Waals surface area (Å²) in [6.45, 7) is 0.275. The summed E-state index contributed by atoms with van der Waals surface area (Å²) in [7, 11) is 0. The van der Waals surface area contributed by atoms with E-state index in [-0.39, 0.29) is 25.5 Å². The Morgan fingerprint density at radius 3 is 2.20 bits per heavy atom. The van der Waals surface area contributed by atoms with Crippen LogP contribution < -0.4 is 11.1 Å². The van der Waals surface area contributed by atoms with Gasteiger partial charge in [-0.1, -0.05) is 48.5 Å². The Kier molecular flexibility index (Phi) is 5.00. The van der Waals surface area contributed by atoms with Gasteiger partial charge in [-0.05, 0) is 22.3 Å². The minimum absolute atomic E-state index is 0.00848. The molecule has 6 nitrogen and oxygen atoms in total. The maximum atomic E-state index is 11.9. The summed E-state index contributed by atoms with van der Waals surface area (Å²) in [6, 6.07) is 15.5. The van der Waals surface area contributed by atoms with Crippen LogP contribution in [0.2, 0.25) is 0 Å². The zero-order chi connectivity index (χ0) is 17.8. The predicted octanol–water partition coefficient (Wildman–Crippen LogP) is 2.33. The van der Waals surface area contributed by atoms with Gasteiger partial charge in [-0.2, -0.15) is 0 Å².